The van der Waals surface area contributed by atoms with E-state index in [4.69, 9.17) is 5.73 Å². The molecule has 0 saturated carbocycles. The van der Waals surface area contributed by atoms with Gasteiger partial charge >= 0.3 is 0 Å². The lowest BCUT2D eigenvalue weighted by atomic mass is 10.2. The van der Waals surface area contributed by atoms with Crippen molar-refractivity contribution in [3.05, 3.63) is 36.7 Å². The second-order valence-electron chi connectivity index (χ2n) is 2.48. The Hall–Kier alpha value is -1.57. The van der Waals surface area contributed by atoms with Gasteiger partial charge in [-0.05, 0) is 23.6 Å². The van der Waals surface area contributed by atoms with Crippen molar-refractivity contribution < 1.29 is 0 Å². The number of benzene rings is 1. The van der Waals surface area contributed by atoms with E-state index in [1.54, 1.807) is 6.20 Å². The molecule has 1 aromatic carbocycles. The monoisotopic (exact) mass is 174 g/mol. The van der Waals surface area contributed by atoms with E-state index in [2.05, 4.69) is 4.98 Å². The average Bonchev–Trinajstić information content (AvgIpc) is 2.21. The molecule has 0 saturated heterocycles. The van der Waals surface area contributed by atoms with Crippen molar-refractivity contribution in [2.45, 2.75) is 13.8 Å². The highest BCUT2D eigenvalue weighted by Gasteiger charge is 1.90. The highest BCUT2D eigenvalue weighted by molar-refractivity contribution is 5.84. The minimum absolute atomic E-state index is 0.795. The molecule has 2 nitrogen and oxygen atoms in total. The largest absolute Gasteiger partial charge is 0.399 e. The number of nitrogens with zero attached hydrogens (tertiary/aromatic N) is 1. The van der Waals surface area contributed by atoms with Crippen LogP contribution in [0.25, 0.3) is 10.8 Å². The number of pyridine rings is 1. The Morgan fingerprint density at radius 1 is 1.08 bits per heavy atom. The molecular weight excluding hydrogens is 160 g/mol. The van der Waals surface area contributed by atoms with Gasteiger partial charge in [0.2, 0.25) is 0 Å². The molecule has 0 radical (unpaired) electrons. The fourth-order valence-corrected chi connectivity index (χ4v) is 1.10. The van der Waals surface area contributed by atoms with Crippen LogP contribution in [-0.2, 0) is 0 Å². The molecule has 2 aromatic rings. The van der Waals surface area contributed by atoms with Crippen LogP contribution < -0.4 is 5.73 Å². The summed E-state index contributed by atoms with van der Waals surface area (Å²) in [4.78, 5) is 4.00. The summed E-state index contributed by atoms with van der Waals surface area (Å²) in [6.45, 7) is 4.00. The topological polar surface area (TPSA) is 38.9 Å². The van der Waals surface area contributed by atoms with E-state index in [1.165, 1.54) is 0 Å². The van der Waals surface area contributed by atoms with E-state index < -0.39 is 0 Å². The maximum Gasteiger partial charge on any atom is 0.0346 e. The van der Waals surface area contributed by atoms with Crippen LogP contribution >= 0.6 is 0 Å². The molecule has 2 N–H and O–H groups in total. The molecule has 1 aromatic heterocycles. The third-order valence-corrected chi connectivity index (χ3v) is 1.66. The van der Waals surface area contributed by atoms with Crippen LogP contribution in [0.15, 0.2) is 36.7 Å². The zero-order valence-electron chi connectivity index (χ0n) is 7.99. The van der Waals surface area contributed by atoms with Crippen LogP contribution in [0.1, 0.15) is 13.8 Å². The molecule has 0 aliphatic heterocycles. The fourth-order valence-electron chi connectivity index (χ4n) is 1.10. The Bertz CT molecular complexity index is 383. The lowest BCUT2D eigenvalue weighted by molar-refractivity contribution is 1.36. The zero-order valence-corrected chi connectivity index (χ0v) is 7.99. The van der Waals surface area contributed by atoms with Gasteiger partial charge in [-0.15, -0.1) is 0 Å². The van der Waals surface area contributed by atoms with Gasteiger partial charge in [0.15, 0.2) is 0 Å². The van der Waals surface area contributed by atoms with Crippen molar-refractivity contribution in [3.63, 3.8) is 0 Å². The molecule has 0 atom stereocenters. The molecule has 1 heterocycles. The number of rotatable bonds is 0. The first-order chi connectivity index (χ1) is 6.36. The van der Waals surface area contributed by atoms with Gasteiger partial charge in [-0.2, -0.15) is 0 Å². The predicted octanol–water partition coefficient (Wildman–Crippen LogP) is 2.84. The second kappa shape index (κ2) is 4.45. The Kier molecular flexibility index (Phi) is 3.26. The van der Waals surface area contributed by atoms with Gasteiger partial charge in [0, 0.05) is 23.5 Å². The van der Waals surface area contributed by atoms with Crippen LogP contribution in [0, 0.1) is 0 Å². The normalized spacial score (nSPS) is 9.08. The molecule has 68 valence electrons. The van der Waals surface area contributed by atoms with Gasteiger partial charge in [-0.25, -0.2) is 0 Å². The third kappa shape index (κ3) is 2.18. The highest BCUT2D eigenvalue weighted by Crippen LogP contribution is 2.14. The predicted molar refractivity (Wildman–Crippen MR) is 57.5 cm³/mol. The number of nitrogen functional groups attached to an aromatic ring is 1. The Morgan fingerprint density at radius 3 is 2.62 bits per heavy atom. The van der Waals surface area contributed by atoms with Gasteiger partial charge in [0.05, 0.1) is 0 Å². The van der Waals surface area contributed by atoms with Gasteiger partial charge in [-0.1, -0.05) is 19.9 Å². The van der Waals surface area contributed by atoms with Crippen molar-refractivity contribution in [3.8, 4) is 0 Å². The number of hydrogen-bond acceptors (Lipinski definition) is 2. The number of fused-ring (bicyclic) bond motifs is 1. The van der Waals surface area contributed by atoms with Crippen LogP contribution in [0.2, 0.25) is 0 Å². The van der Waals surface area contributed by atoms with Crippen molar-refractivity contribution in [2.75, 3.05) is 5.73 Å². The summed E-state index contributed by atoms with van der Waals surface area (Å²) >= 11 is 0. The van der Waals surface area contributed by atoms with Crippen LogP contribution in [0.3, 0.4) is 0 Å². The fraction of sp³-hybridized carbons (Fsp3) is 0.182. The van der Waals surface area contributed by atoms with Crippen molar-refractivity contribution in [1.29, 1.82) is 0 Å². The third-order valence-electron chi connectivity index (χ3n) is 1.66. The van der Waals surface area contributed by atoms with Gasteiger partial charge in [0.1, 0.15) is 0 Å². The lowest BCUT2D eigenvalue weighted by Gasteiger charge is -1.96. The van der Waals surface area contributed by atoms with Crippen molar-refractivity contribution in [1.82, 2.24) is 4.98 Å². The number of aromatic nitrogens is 1. The standard InChI is InChI=1S/C9H8N2.C2H6/c10-9-2-1-8-6-11-4-3-7(8)5-9;1-2/h1-6H,10H2;1-2H3. The molecule has 0 aliphatic carbocycles. The number of hydrogen-bond donors (Lipinski definition) is 1. The van der Waals surface area contributed by atoms with Crippen molar-refractivity contribution >= 4 is 16.5 Å². The number of anilines is 1. The molecule has 13 heavy (non-hydrogen) atoms. The van der Waals surface area contributed by atoms with Crippen LogP contribution in [-0.4, -0.2) is 4.98 Å². The summed E-state index contributed by atoms with van der Waals surface area (Å²) < 4.78 is 0. The minimum Gasteiger partial charge on any atom is -0.399 e. The molecule has 0 aliphatic rings. The maximum absolute atomic E-state index is 5.60. The summed E-state index contributed by atoms with van der Waals surface area (Å²) in [6, 6.07) is 7.74. The Morgan fingerprint density at radius 2 is 1.85 bits per heavy atom. The molecule has 0 amide bonds. The molecule has 0 spiro atoms. The highest BCUT2D eigenvalue weighted by atomic mass is 14.6. The smallest absolute Gasteiger partial charge is 0.0346 e. The van der Waals surface area contributed by atoms with E-state index in [0.29, 0.717) is 0 Å². The summed E-state index contributed by atoms with van der Waals surface area (Å²) in [5.74, 6) is 0. The Balaban J connectivity index is 0.000000396. The summed E-state index contributed by atoms with van der Waals surface area (Å²) in [6.07, 6.45) is 3.59. The second-order valence-corrected chi connectivity index (χ2v) is 2.48. The maximum atomic E-state index is 5.60. The van der Waals surface area contributed by atoms with E-state index in [0.717, 1.165) is 16.5 Å². The van der Waals surface area contributed by atoms with Crippen molar-refractivity contribution in [2.24, 2.45) is 0 Å². The first-order valence-electron chi connectivity index (χ1n) is 4.45. The van der Waals surface area contributed by atoms with Crippen LogP contribution in [0.4, 0.5) is 5.69 Å². The minimum atomic E-state index is 0.795. The van der Waals surface area contributed by atoms with E-state index in [1.807, 2.05) is 44.3 Å². The molecule has 2 rings (SSSR count). The van der Waals surface area contributed by atoms with E-state index in [9.17, 15) is 0 Å². The first-order valence-corrected chi connectivity index (χ1v) is 4.45. The van der Waals surface area contributed by atoms with Gasteiger partial charge in [0.25, 0.3) is 0 Å². The van der Waals surface area contributed by atoms with Crippen LogP contribution in [0.5, 0.6) is 0 Å². The van der Waals surface area contributed by atoms with Gasteiger partial charge in [-0.3, -0.25) is 4.98 Å². The van der Waals surface area contributed by atoms with E-state index in [-0.39, 0.29) is 0 Å². The number of nitrogens with two attached hydrogens (primary N) is 1. The zero-order chi connectivity index (χ0) is 9.68. The lowest BCUT2D eigenvalue weighted by Crippen LogP contribution is -1.83. The summed E-state index contributed by atoms with van der Waals surface area (Å²) in [5, 5.41) is 2.27. The quantitative estimate of drug-likeness (QED) is 0.624. The van der Waals surface area contributed by atoms with E-state index >= 15 is 0 Å². The first kappa shape index (κ1) is 9.52. The molecule has 0 fully saturated rings. The van der Waals surface area contributed by atoms with Gasteiger partial charge < -0.3 is 5.73 Å². The average molecular weight is 174 g/mol. The SMILES string of the molecule is CC.Nc1ccc2cnccc2c1. The summed E-state index contributed by atoms with van der Waals surface area (Å²) in [5.41, 5.74) is 6.40. The summed E-state index contributed by atoms with van der Waals surface area (Å²) in [7, 11) is 0. The Labute approximate surface area is 78.4 Å². The molecule has 0 unspecified atom stereocenters. The molecule has 0 bridgehead atoms. The molecular formula is C11H14N2. The molecule has 2 heteroatoms.